The Kier molecular flexibility index (Phi) is 3.51. The van der Waals surface area contributed by atoms with Crippen LogP contribution in [0, 0.1) is 0 Å². The van der Waals surface area contributed by atoms with Gasteiger partial charge in [0.05, 0.1) is 20.1 Å². The van der Waals surface area contributed by atoms with E-state index in [1.54, 1.807) is 0 Å². The minimum atomic E-state index is 0.598. The minimum absolute atomic E-state index is 0.598. The van der Waals surface area contributed by atoms with Gasteiger partial charge in [0.2, 0.25) is 5.75 Å². The fourth-order valence-electron chi connectivity index (χ4n) is 2.86. The summed E-state index contributed by atoms with van der Waals surface area (Å²) in [7, 11) is 2.32. The minimum Gasteiger partial charge on any atom is -0.486 e. The van der Waals surface area contributed by atoms with E-state index >= 15 is 0 Å². The Morgan fingerprint density at radius 3 is 2.79 bits per heavy atom. The fraction of sp³-hybridized carbons (Fsp3) is 0.600. The topological polar surface area (TPSA) is 27.7 Å². The number of hydrogen-bond donors (Lipinski definition) is 0. The molecule has 0 unspecified atom stereocenters. The highest BCUT2D eigenvalue weighted by atomic mass is 16.6. The second kappa shape index (κ2) is 5.29. The van der Waals surface area contributed by atoms with Crippen LogP contribution in [0.3, 0.4) is 0 Å². The van der Waals surface area contributed by atoms with Gasteiger partial charge >= 0.3 is 0 Å². The Labute approximate surface area is 114 Å². The van der Waals surface area contributed by atoms with Crippen molar-refractivity contribution in [3.05, 3.63) is 18.2 Å². The lowest BCUT2D eigenvalue weighted by molar-refractivity contribution is -0.897. The number of likely N-dealkylation sites (tertiary alicyclic amines) is 1. The average Bonchev–Trinajstić information content (AvgIpc) is 2.86. The fourth-order valence-corrected chi connectivity index (χ4v) is 2.86. The Hall–Kier alpha value is -1.42. The van der Waals surface area contributed by atoms with Crippen molar-refractivity contribution in [2.45, 2.75) is 12.8 Å². The maximum Gasteiger partial charge on any atom is 0.203 e. The van der Waals surface area contributed by atoms with E-state index in [9.17, 15) is 0 Å². The molecule has 0 atom stereocenters. The molecule has 0 amide bonds. The first-order chi connectivity index (χ1) is 9.27. The Balaban J connectivity index is 1.61. The van der Waals surface area contributed by atoms with Gasteiger partial charge < -0.3 is 18.7 Å². The molecule has 2 heterocycles. The van der Waals surface area contributed by atoms with Crippen LogP contribution in [0.4, 0.5) is 0 Å². The van der Waals surface area contributed by atoms with Crippen LogP contribution in [0.5, 0.6) is 17.2 Å². The van der Waals surface area contributed by atoms with E-state index in [0.717, 1.165) is 34.9 Å². The Morgan fingerprint density at radius 1 is 1.16 bits per heavy atom. The maximum atomic E-state index is 5.91. The first kappa shape index (κ1) is 12.6. The van der Waals surface area contributed by atoms with Gasteiger partial charge in [0.1, 0.15) is 26.4 Å². The summed E-state index contributed by atoms with van der Waals surface area (Å²) < 4.78 is 18.2. The molecule has 0 spiro atoms. The average molecular weight is 264 g/mol. The van der Waals surface area contributed by atoms with Gasteiger partial charge in [0, 0.05) is 12.8 Å². The van der Waals surface area contributed by atoms with Gasteiger partial charge in [-0.2, -0.15) is 0 Å². The van der Waals surface area contributed by atoms with E-state index in [-0.39, 0.29) is 0 Å². The Morgan fingerprint density at radius 2 is 1.95 bits per heavy atom. The van der Waals surface area contributed by atoms with Gasteiger partial charge in [-0.25, -0.2) is 0 Å². The highest BCUT2D eigenvalue weighted by Gasteiger charge is 2.26. The monoisotopic (exact) mass is 264 g/mol. The van der Waals surface area contributed by atoms with Crippen LogP contribution in [-0.2, 0) is 0 Å². The molecule has 1 aromatic carbocycles. The van der Waals surface area contributed by atoms with Crippen molar-refractivity contribution >= 4 is 0 Å². The van der Waals surface area contributed by atoms with Crippen molar-refractivity contribution in [3.63, 3.8) is 0 Å². The number of likely N-dealkylation sites (N-methyl/N-ethyl adjacent to an activating group) is 1. The van der Waals surface area contributed by atoms with E-state index < -0.39 is 0 Å². The summed E-state index contributed by atoms with van der Waals surface area (Å²) in [6.45, 7) is 5.55. The number of hydrogen-bond acceptors (Lipinski definition) is 3. The van der Waals surface area contributed by atoms with E-state index in [1.807, 2.05) is 18.2 Å². The quantitative estimate of drug-likeness (QED) is 0.779. The molecule has 3 rings (SSSR count). The number of nitrogens with zero attached hydrogens (tertiary/aromatic N) is 1. The summed E-state index contributed by atoms with van der Waals surface area (Å²) in [5, 5.41) is 0. The molecular formula is C15H22NO3+. The van der Waals surface area contributed by atoms with E-state index in [4.69, 9.17) is 14.2 Å². The number of fused-ring (bicyclic) bond motifs is 1. The zero-order valence-electron chi connectivity index (χ0n) is 11.6. The molecule has 2 aliphatic heterocycles. The zero-order chi connectivity index (χ0) is 13.1. The predicted molar refractivity (Wildman–Crippen MR) is 72.9 cm³/mol. The molecule has 0 bridgehead atoms. The molecule has 4 nitrogen and oxygen atoms in total. The molecule has 0 saturated carbocycles. The van der Waals surface area contributed by atoms with E-state index in [2.05, 4.69) is 7.05 Å². The first-order valence-electron chi connectivity index (χ1n) is 7.12. The number of ether oxygens (including phenoxy) is 3. The van der Waals surface area contributed by atoms with Crippen LogP contribution in [0.25, 0.3) is 0 Å². The summed E-state index contributed by atoms with van der Waals surface area (Å²) in [5.74, 6) is 2.37. The molecule has 1 saturated heterocycles. The van der Waals surface area contributed by atoms with Crippen LogP contribution < -0.4 is 14.2 Å². The molecular weight excluding hydrogens is 242 g/mol. The van der Waals surface area contributed by atoms with Crippen molar-refractivity contribution in [2.24, 2.45) is 0 Å². The third-order valence-electron chi connectivity index (χ3n) is 4.06. The van der Waals surface area contributed by atoms with Gasteiger partial charge in [0.15, 0.2) is 11.5 Å². The van der Waals surface area contributed by atoms with Crippen molar-refractivity contribution in [3.8, 4) is 17.2 Å². The van der Waals surface area contributed by atoms with Gasteiger partial charge in [-0.15, -0.1) is 0 Å². The van der Waals surface area contributed by atoms with Gasteiger partial charge in [-0.3, -0.25) is 0 Å². The second-order valence-electron chi connectivity index (χ2n) is 5.63. The van der Waals surface area contributed by atoms with Crippen LogP contribution in [0.1, 0.15) is 12.8 Å². The molecule has 1 aromatic rings. The van der Waals surface area contributed by atoms with E-state index in [1.165, 1.54) is 25.9 Å². The molecule has 0 aliphatic carbocycles. The van der Waals surface area contributed by atoms with Gasteiger partial charge in [0.25, 0.3) is 0 Å². The molecule has 19 heavy (non-hydrogen) atoms. The number of para-hydroxylation sites is 1. The largest absolute Gasteiger partial charge is 0.486 e. The lowest BCUT2D eigenvalue weighted by Crippen LogP contribution is -2.43. The summed E-state index contributed by atoms with van der Waals surface area (Å²) in [4.78, 5) is 0. The van der Waals surface area contributed by atoms with Crippen molar-refractivity contribution < 1.29 is 18.7 Å². The molecule has 1 fully saturated rings. The third-order valence-corrected chi connectivity index (χ3v) is 4.06. The molecule has 0 aromatic heterocycles. The molecule has 104 valence electrons. The highest BCUT2D eigenvalue weighted by Crippen LogP contribution is 2.38. The van der Waals surface area contributed by atoms with Crippen LogP contribution in [-0.4, -0.2) is 51.0 Å². The molecule has 0 radical (unpaired) electrons. The first-order valence-corrected chi connectivity index (χ1v) is 7.12. The number of quaternary nitrogens is 1. The van der Waals surface area contributed by atoms with Crippen LogP contribution >= 0.6 is 0 Å². The zero-order valence-corrected chi connectivity index (χ0v) is 11.6. The lowest BCUT2D eigenvalue weighted by atomic mass is 10.3. The number of benzene rings is 1. The summed E-state index contributed by atoms with van der Waals surface area (Å²) in [6, 6.07) is 5.84. The highest BCUT2D eigenvalue weighted by molar-refractivity contribution is 5.51. The van der Waals surface area contributed by atoms with Crippen molar-refractivity contribution in [2.75, 3.05) is 46.5 Å². The normalized spacial score (nSPS) is 20.3. The Bertz CT molecular complexity index is 441. The summed E-state index contributed by atoms with van der Waals surface area (Å²) >= 11 is 0. The van der Waals surface area contributed by atoms with Crippen molar-refractivity contribution in [1.29, 1.82) is 0 Å². The SMILES string of the molecule is C[N+]1(CCOc2cccc3c2OCCO3)CCCC1. The standard InChI is InChI=1S/C15H22NO3/c1-16(7-2-3-8-16)9-10-17-13-5-4-6-14-15(13)19-12-11-18-14/h4-6H,2-3,7-12H2,1H3/q+1. The van der Waals surface area contributed by atoms with Crippen LogP contribution in [0.2, 0.25) is 0 Å². The predicted octanol–water partition coefficient (Wildman–Crippen LogP) is 2.08. The molecule has 2 aliphatic rings. The second-order valence-corrected chi connectivity index (χ2v) is 5.63. The lowest BCUT2D eigenvalue weighted by Gasteiger charge is -2.29. The van der Waals surface area contributed by atoms with E-state index in [0.29, 0.717) is 13.2 Å². The van der Waals surface area contributed by atoms with Crippen LogP contribution in [0.15, 0.2) is 18.2 Å². The van der Waals surface area contributed by atoms with Crippen molar-refractivity contribution in [1.82, 2.24) is 0 Å². The molecule has 0 N–H and O–H groups in total. The summed E-state index contributed by atoms with van der Waals surface area (Å²) in [5.41, 5.74) is 0. The number of rotatable bonds is 4. The van der Waals surface area contributed by atoms with Gasteiger partial charge in [-0.05, 0) is 12.1 Å². The third kappa shape index (κ3) is 2.78. The van der Waals surface area contributed by atoms with Gasteiger partial charge in [-0.1, -0.05) is 6.07 Å². The maximum absolute atomic E-state index is 5.91. The smallest absolute Gasteiger partial charge is 0.203 e. The summed E-state index contributed by atoms with van der Waals surface area (Å²) in [6.07, 6.45) is 2.68. The molecule has 4 heteroatoms.